The Morgan fingerprint density at radius 3 is 2.39 bits per heavy atom. The maximum Gasteiger partial charge on any atom is 0.0541 e. The lowest BCUT2D eigenvalue weighted by Crippen LogP contribution is -2.37. The van der Waals surface area contributed by atoms with Crippen molar-refractivity contribution >= 4 is 0 Å². The molecule has 1 aliphatic heterocycles. The molecule has 0 spiro atoms. The van der Waals surface area contributed by atoms with Crippen LogP contribution in [-0.2, 0) is 0 Å². The van der Waals surface area contributed by atoms with Gasteiger partial charge in [0.1, 0.15) is 0 Å². The molecule has 0 amide bonds. The van der Waals surface area contributed by atoms with Crippen molar-refractivity contribution in [3.8, 4) is 0 Å². The molecule has 2 heteroatoms. The standard InChI is InChI=1S/C16H23NO/c18-16-8-6-15(7-9-16)17-11-10-14(12-17)13-4-2-1-3-5-13/h1-5,14-16,18H,6-12H2. The average Bonchev–Trinajstić information content (AvgIpc) is 2.90. The van der Waals surface area contributed by atoms with Crippen molar-refractivity contribution in [2.75, 3.05) is 13.1 Å². The number of benzene rings is 1. The Hall–Kier alpha value is -0.860. The summed E-state index contributed by atoms with van der Waals surface area (Å²) < 4.78 is 0. The molecule has 2 nitrogen and oxygen atoms in total. The normalized spacial score (nSPS) is 33.7. The summed E-state index contributed by atoms with van der Waals surface area (Å²) in [5.41, 5.74) is 1.50. The summed E-state index contributed by atoms with van der Waals surface area (Å²) in [6.45, 7) is 2.45. The summed E-state index contributed by atoms with van der Waals surface area (Å²) in [4.78, 5) is 2.66. The van der Waals surface area contributed by atoms with Gasteiger partial charge in [0.25, 0.3) is 0 Å². The third-order valence-corrected chi connectivity index (χ3v) is 4.67. The second-order valence-electron chi connectivity index (χ2n) is 5.85. The second-order valence-corrected chi connectivity index (χ2v) is 5.85. The Morgan fingerprint density at radius 1 is 0.944 bits per heavy atom. The Morgan fingerprint density at radius 2 is 1.67 bits per heavy atom. The van der Waals surface area contributed by atoms with Crippen molar-refractivity contribution < 1.29 is 5.11 Å². The van der Waals surface area contributed by atoms with Crippen molar-refractivity contribution in [2.45, 2.75) is 50.2 Å². The number of aliphatic hydroxyl groups excluding tert-OH is 1. The van der Waals surface area contributed by atoms with Gasteiger partial charge in [0.05, 0.1) is 6.10 Å². The van der Waals surface area contributed by atoms with Gasteiger partial charge >= 0.3 is 0 Å². The van der Waals surface area contributed by atoms with Crippen LogP contribution >= 0.6 is 0 Å². The fourth-order valence-electron chi connectivity index (χ4n) is 3.54. The van der Waals surface area contributed by atoms with E-state index in [0.29, 0.717) is 0 Å². The number of hydrogen-bond donors (Lipinski definition) is 1. The first kappa shape index (κ1) is 12.2. The van der Waals surface area contributed by atoms with Crippen LogP contribution in [0.25, 0.3) is 0 Å². The highest BCUT2D eigenvalue weighted by atomic mass is 16.3. The number of aliphatic hydroxyl groups is 1. The molecule has 1 atom stereocenters. The summed E-state index contributed by atoms with van der Waals surface area (Å²) >= 11 is 0. The quantitative estimate of drug-likeness (QED) is 0.866. The third-order valence-electron chi connectivity index (χ3n) is 4.67. The SMILES string of the molecule is OC1CCC(N2CCC(c3ccccc3)C2)CC1. The van der Waals surface area contributed by atoms with Gasteiger partial charge in [-0.15, -0.1) is 0 Å². The predicted octanol–water partition coefficient (Wildman–Crippen LogP) is 2.78. The first-order chi connectivity index (χ1) is 8.83. The Kier molecular flexibility index (Phi) is 3.67. The van der Waals surface area contributed by atoms with E-state index in [1.54, 1.807) is 0 Å². The fraction of sp³-hybridized carbons (Fsp3) is 0.625. The van der Waals surface area contributed by atoms with Crippen LogP contribution in [-0.4, -0.2) is 35.2 Å². The van der Waals surface area contributed by atoms with Crippen LogP contribution in [0.4, 0.5) is 0 Å². The lowest BCUT2D eigenvalue weighted by Gasteiger charge is -2.33. The molecule has 0 aromatic heterocycles. The topological polar surface area (TPSA) is 23.5 Å². The lowest BCUT2D eigenvalue weighted by molar-refractivity contribution is 0.0831. The van der Waals surface area contributed by atoms with Gasteiger partial charge in [-0.3, -0.25) is 4.90 Å². The molecule has 3 rings (SSSR count). The molecule has 98 valence electrons. The van der Waals surface area contributed by atoms with E-state index >= 15 is 0 Å². The molecular formula is C16H23NO. The molecule has 1 saturated heterocycles. The maximum atomic E-state index is 9.58. The molecule has 18 heavy (non-hydrogen) atoms. The van der Waals surface area contributed by atoms with E-state index in [1.807, 2.05) is 0 Å². The van der Waals surface area contributed by atoms with E-state index in [0.717, 1.165) is 24.8 Å². The van der Waals surface area contributed by atoms with Gasteiger partial charge in [0.15, 0.2) is 0 Å². The Bertz CT molecular complexity index is 370. The van der Waals surface area contributed by atoms with Crippen molar-refractivity contribution in [3.05, 3.63) is 35.9 Å². The zero-order valence-corrected chi connectivity index (χ0v) is 11.0. The Labute approximate surface area is 110 Å². The van der Waals surface area contributed by atoms with Crippen LogP contribution in [0.2, 0.25) is 0 Å². The zero-order valence-electron chi connectivity index (χ0n) is 11.0. The largest absolute Gasteiger partial charge is 0.393 e. The summed E-state index contributed by atoms with van der Waals surface area (Å²) in [6.07, 6.45) is 5.62. The van der Waals surface area contributed by atoms with E-state index in [9.17, 15) is 5.11 Å². The van der Waals surface area contributed by atoms with Gasteiger partial charge in [-0.25, -0.2) is 0 Å². The number of hydrogen-bond acceptors (Lipinski definition) is 2. The molecule has 2 fully saturated rings. The highest BCUT2D eigenvalue weighted by Crippen LogP contribution is 2.32. The molecule has 1 saturated carbocycles. The summed E-state index contributed by atoms with van der Waals surface area (Å²) in [6, 6.07) is 11.6. The van der Waals surface area contributed by atoms with Gasteiger partial charge in [-0.1, -0.05) is 30.3 Å². The fourth-order valence-corrected chi connectivity index (χ4v) is 3.54. The molecule has 2 aliphatic rings. The van der Waals surface area contributed by atoms with E-state index < -0.39 is 0 Å². The summed E-state index contributed by atoms with van der Waals surface area (Å²) in [5, 5.41) is 9.58. The van der Waals surface area contributed by atoms with Gasteiger partial charge in [-0.05, 0) is 50.1 Å². The molecule has 0 radical (unpaired) electrons. The number of likely N-dealkylation sites (tertiary alicyclic amines) is 1. The van der Waals surface area contributed by atoms with Crippen molar-refractivity contribution in [1.29, 1.82) is 0 Å². The van der Waals surface area contributed by atoms with Crippen LogP contribution in [0.5, 0.6) is 0 Å². The molecule has 1 aromatic carbocycles. The molecule has 1 heterocycles. The van der Waals surface area contributed by atoms with Crippen molar-refractivity contribution in [3.63, 3.8) is 0 Å². The number of nitrogens with zero attached hydrogens (tertiary/aromatic N) is 1. The van der Waals surface area contributed by atoms with Crippen molar-refractivity contribution in [2.24, 2.45) is 0 Å². The Balaban J connectivity index is 1.58. The van der Waals surface area contributed by atoms with Gasteiger partial charge in [0, 0.05) is 12.6 Å². The minimum Gasteiger partial charge on any atom is -0.393 e. The van der Waals surface area contributed by atoms with E-state index in [2.05, 4.69) is 35.2 Å². The first-order valence-corrected chi connectivity index (χ1v) is 7.30. The molecule has 1 N–H and O–H groups in total. The third kappa shape index (κ3) is 2.60. The zero-order chi connectivity index (χ0) is 12.4. The molecular weight excluding hydrogens is 222 g/mol. The monoisotopic (exact) mass is 245 g/mol. The van der Waals surface area contributed by atoms with E-state index in [1.165, 1.54) is 37.9 Å². The van der Waals surface area contributed by atoms with E-state index in [-0.39, 0.29) is 6.10 Å². The molecule has 1 aromatic rings. The summed E-state index contributed by atoms with van der Waals surface area (Å²) in [7, 11) is 0. The van der Waals surface area contributed by atoms with Crippen LogP contribution in [0.1, 0.15) is 43.6 Å². The molecule has 0 bridgehead atoms. The minimum atomic E-state index is -0.0335. The van der Waals surface area contributed by atoms with Crippen LogP contribution in [0.15, 0.2) is 30.3 Å². The molecule has 1 unspecified atom stereocenters. The first-order valence-electron chi connectivity index (χ1n) is 7.30. The van der Waals surface area contributed by atoms with Gasteiger partial charge in [0.2, 0.25) is 0 Å². The van der Waals surface area contributed by atoms with E-state index in [4.69, 9.17) is 0 Å². The van der Waals surface area contributed by atoms with Crippen molar-refractivity contribution in [1.82, 2.24) is 4.90 Å². The average molecular weight is 245 g/mol. The highest BCUT2D eigenvalue weighted by Gasteiger charge is 2.31. The predicted molar refractivity (Wildman–Crippen MR) is 73.6 cm³/mol. The van der Waals surface area contributed by atoms with Gasteiger partial charge < -0.3 is 5.11 Å². The van der Waals surface area contributed by atoms with Crippen LogP contribution in [0, 0.1) is 0 Å². The van der Waals surface area contributed by atoms with Crippen LogP contribution in [0.3, 0.4) is 0 Å². The maximum absolute atomic E-state index is 9.58. The summed E-state index contributed by atoms with van der Waals surface area (Å²) in [5.74, 6) is 0.720. The molecule has 1 aliphatic carbocycles. The number of rotatable bonds is 2. The second kappa shape index (κ2) is 5.41. The van der Waals surface area contributed by atoms with Gasteiger partial charge in [-0.2, -0.15) is 0 Å². The minimum absolute atomic E-state index is 0.0335. The highest BCUT2D eigenvalue weighted by molar-refractivity contribution is 5.21. The lowest BCUT2D eigenvalue weighted by atomic mass is 9.92. The van der Waals surface area contributed by atoms with Crippen LogP contribution < -0.4 is 0 Å². The smallest absolute Gasteiger partial charge is 0.0541 e.